The number of rotatable bonds is 13. The van der Waals surface area contributed by atoms with E-state index in [1.807, 2.05) is 0 Å². The molecule has 0 radical (unpaired) electrons. The van der Waals surface area contributed by atoms with Crippen LogP contribution in [0.4, 0.5) is 0 Å². The Labute approximate surface area is 181 Å². The number of aliphatic hydroxyl groups is 1. The van der Waals surface area contributed by atoms with E-state index in [1.165, 1.54) is 13.8 Å². The molecule has 0 saturated carbocycles. The molecular weight excluding hydrogens is 410 g/mol. The van der Waals surface area contributed by atoms with Crippen LogP contribution >= 0.6 is 0 Å². The maximum atomic E-state index is 12.5. The van der Waals surface area contributed by atoms with E-state index in [0.717, 1.165) is 0 Å². The Bertz CT molecular complexity index is 664. The smallest absolute Gasteiger partial charge is 0.328 e. The van der Waals surface area contributed by atoms with Gasteiger partial charge >= 0.3 is 5.97 Å². The first-order valence-corrected chi connectivity index (χ1v) is 9.90. The van der Waals surface area contributed by atoms with Gasteiger partial charge in [-0.15, -0.1) is 0 Å². The van der Waals surface area contributed by atoms with Gasteiger partial charge in [0.05, 0.1) is 12.1 Å². The average molecular weight is 446 g/mol. The van der Waals surface area contributed by atoms with Gasteiger partial charge in [-0.2, -0.15) is 0 Å². The van der Waals surface area contributed by atoms with Gasteiger partial charge in [0.15, 0.2) is 12.0 Å². The Balaban J connectivity index is 4.86. The Morgan fingerprint density at radius 2 is 1.45 bits per heavy atom. The molecule has 0 aliphatic heterocycles. The van der Waals surface area contributed by atoms with Crippen molar-refractivity contribution < 1.29 is 29.4 Å². The highest BCUT2D eigenvalue weighted by atomic mass is 16.4. The maximum Gasteiger partial charge on any atom is 0.328 e. The Hall–Kier alpha value is -2.93. The largest absolute Gasteiger partial charge is 0.480 e. The molecule has 13 nitrogen and oxygen atoms in total. The first kappa shape index (κ1) is 28.1. The van der Waals surface area contributed by atoms with Crippen molar-refractivity contribution in [2.45, 2.75) is 70.8 Å². The molecule has 0 bridgehead atoms. The van der Waals surface area contributed by atoms with Crippen LogP contribution in [0.15, 0.2) is 4.99 Å². The predicted molar refractivity (Wildman–Crippen MR) is 114 cm³/mol. The summed E-state index contributed by atoms with van der Waals surface area (Å²) >= 11 is 0. The first-order chi connectivity index (χ1) is 14.3. The number of hydrogen-bond donors (Lipinski definition) is 8. The lowest BCUT2D eigenvalue weighted by Gasteiger charge is -2.26. The number of aliphatic carboxylic acids is 1. The number of carbonyl (C=O) groups is 4. The summed E-state index contributed by atoms with van der Waals surface area (Å²) in [6.07, 6.45) is -0.572. The molecule has 5 atom stereocenters. The fourth-order valence-corrected chi connectivity index (χ4v) is 2.48. The lowest BCUT2D eigenvalue weighted by atomic mass is 10.0. The molecule has 13 heteroatoms. The second kappa shape index (κ2) is 13.4. The third kappa shape index (κ3) is 10.6. The monoisotopic (exact) mass is 445 g/mol. The molecular formula is C18H35N7O6. The van der Waals surface area contributed by atoms with Gasteiger partial charge in [-0.25, -0.2) is 4.79 Å². The molecule has 0 aromatic heterocycles. The van der Waals surface area contributed by atoms with E-state index >= 15 is 0 Å². The van der Waals surface area contributed by atoms with E-state index in [1.54, 1.807) is 13.8 Å². The summed E-state index contributed by atoms with van der Waals surface area (Å²) < 4.78 is 0. The van der Waals surface area contributed by atoms with Crippen LogP contribution in [-0.2, 0) is 19.2 Å². The first-order valence-electron chi connectivity index (χ1n) is 9.90. The highest BCUT2D eigenvalue weighted by Gasteiger charge is 2.32. The van der Waals surface area contributed by atoms with E-state index in [4.69, 9.17) is 22.3 Å². The molecule has 0 rings (SSSR count). The zero-order valence-corrected chi connectivity index (χ0v) is 18.3. The Morgan fingerprint density at radius 1 is 0.903 bits per heavy atom. The van der Waals surface area contributed by atoms with Gasteiger partial charge in [-0.3, -0.25) is 19.4 Å². The van der Waals surface area contributed by atoms with Crippen molar-refractivity contribution in [1.82, 2.24) is 16.0 Å². The van der Waals surface area contributed by atoms with Crippen molar-refractivity contribution in [3.63, 3.8) is 0 Å². The van der Waals surface area contributed by atoms with Crippen molar-refractivity contribution in [2.24, 2.45) is 28.1 Å². The highest BCUT2D eigenvalue weighted by molar-refractivity contribution is 5.94. The highest BCUT2D eigenvalue weighted by Crippen LogP contribution is 2.05. The minimum absolute atomic E-state index is 0.0600. The fourth-order valence-electron chi connectivity index (χ4n) is 2.48. The maximum absolute atomic E-state index is 12.5. The van der Waals surface area contributed by atoms with Gasteiger partial charge in [-0.05, 0) is 32.6 Å². The van der Waals surface area contributed by atoms with Crippen molar-refractivity contribution in [1.29, 1.82) is 0 Å². The van der Waals surface area contributed by atoms with Crippen LogP contribution in [0.2, 0.25) is 0 Å². The summed E-state index contributed by atoms with van der Waals surface area (Å²) in [6, 6.07) is -4.49. The number of nitrogens with zero attached hydrogens (tertiary/aromatic N) is 1. The normalized spacial score (nSPS) is 15.7. The lowest BCUT2D eigenvalue weighted by molar-refractivity contribution is -0.145. The Morgan fingerprint density at radius 3 is 1.90 bits per heavy atom. The molecule has 0 aromatic rings. The summed E-state index contributed by atoms with van der Waals surface area (Å²) in [6.45, 7) is 6.26. The minimum Gasteiger partial charge on any atom is -0.480 e. The van der Waals surface area contributed by atoms with E-state index < -0.39 is 59.9 Å². The number of carboxylic acid groups (broad SMARTS) is 1. The molecule has 0 saturated heterocycles. The van der Waals surface area contributed by atoms with Crippen LogP contribution in [0.3, 0.4) is 0 Å². The summed E-state index contributed by atoms with van der Waals surface area (Å²) in [5.74, 6) is -3.85. The van der Waals surface area contributed by atoms with Crippen LogP contribution in [0.5, 0.6) is 0 Å². The topological polar surface area (TPSA) is 235 Å². The molecule has 0 aromatic carbocycles. The number of carbonyl (C=O) groups excluding carboxylic acids is 3. The number of guanidine groups is 1. The number of nitrogens with one attached hydrogen (secondary N) is 3. The number of aliphatic hydroxyl groups excluding tert-OH is 1. The summed E-state index contributed by atoms with van der Waals surface area (Å²) in [7, 11) is 0. The fraction of sp³-hybridized carbons (Fsp3) is 0.722. The van der Waals surface area contributed by atoms with Crippen LogP contribution in [0.25, 0.3) is 0 Å². The molecule has 5 unspecified atom stereocenters. The SMILES string of the molecule is CC(NC(=O)C(N)CCCN=C(N)N)C(=O)NC(C(=O)NC(C(=O)O)C(C)O)C(C)C. The quantitative estimate of drug-likeness (QED) is 0.0815. The molecule has 0 aliphatic carbocycles. The summed E-state index contributed by atoms with van der Waals surface area (Å²) in [5.41, 5.74) is 16.2. The molecule has 11 N–H and O–H groups in total. The van der Waals surface area contributed by atoms with E-state index in [2.05, 4.69) is 20.9 Å². The van der Waals surface area contributed by atoms with Crippen LogP contribution in [0.1, 0.15) is 40.5 Å². The molecule has 0 aliphatic rings. The average Bonchev–Trinajstić information content (AvgIpc) is 2.65. The third-order valence-electron chi connectivity index (χ3n) is 4.35. The van der Waals surface area contributed by atoms with Crippen molar-refractivity contribution in [3.8, 4) is 0 Å². The molecule has 178 valence electrons. The number of hydrogen-bond acceptors (Lipinski definition) is 7. The van der Waals surface area contributed by atoms with Gasteiger partial charge in [0, 0.05) is 6.54 Å². The zero-order valence-electron chi connectivity index (χ0n) is 18.3. The minimum atomic E-state index is -1.53. The van der Waals surface area contributed by atoms with Gasteiger partial charge in [0.2, 0.25) is 17.7 Å². The predicted octanol–water partition coefficient (Wildman–Crippen LogP) is -3.04. The van der Waals surface area contributed by atoms with Crippen molar-refractivity contribution in [3.05, 3.63) is 0 Å². The number of amides is 3. The molecule has 0 fully saturated rings. The molecule has 31 heavy (non-hydrogen) atoms. The van der Waals surface area contributed by atoms with Crippen molar-refractivity contribution >= 4 is 29.7 Å². The van der Waals surface area contributed by atoms with Crippen LogP contribution in [0, 0.1) is 5.92 Å². The van der Waals surface area contributed by atoms with Crippen molar-refractivity contribution in [2.75, 3.05) is 6.54 Å². The molecule has 0 heterocycles. The lowest BCUT2D eigenvalue weighted by Crippen LogP contribution is -2.59. The number of aliphatic imine (C=N–C) groups is 1. The summed E-state index contributed by atoms with van der Waals surface area (Å²) in [5, 5.41) is 25.8. The summed E-state index contributed by atoms with van der Waals surface area (Å²) in [4.78, 5) is 52.0. The number of nitrogens with two attached hydrogens (primary N) is 3. The second-order valence-electron chi connectivity index (χ2n) is 7.58. The Kier molecular flexibility index (Phi) is 12.1. The van der Waals surface area contributed by atoms with Gasteiger partial charge in [0.1, 0.15) is 12.1 Å². The van der Waals surface area contributed by atoms with Gasteiger partial charge in [0.25, 0.3) is 0 Å². The van der Waals surface area contributed by atoms with Crippen LogP contribution in [-0.4, -0.2) is 76.7 Å². The number of carboxylic acids is 1. The van der Waals surface area contributed by atoms with E-state index in [9.17, 15) is 24.3 Å². The van der Waals surface area contributed by atoms with E-state index in [-0.39, 0.29) is 5.96 Å². The van der Waals surface area contributed by atoms with Crippen LogP contribution < -0.4 is 33.2 Å². The third-order valence-corrected chi connectivity index (χ3v) is 4.35. The molecule has 0 spiro atoms. The zero-order chi connectivity index (χ0) is 24.3. The molecule has 3 amide bonds. The second-order valence-corrected chi connectivity index (χ2v) is 7.58. The van der Waals surface area contributed by atoms with Gasteiger partial charge in [-0.1, -0.05) is 13.8 Å². The standard InChI is InChI=1S/C18H35N7O6/c1-8(2)12(16(29)25-13(10(4)26)17(30)31)24-14(27)9(3)23-15(28)11(19)6-5-7-22-18(20)21/h8-13,26H,5-7,19H2,1-4H3,(H,23,28)(H,24,27)(H,25,29)(H,30,31)(H4,20,21,22). The van der Waals surface area contributed by atoms with Gasteiger partial charge < -0.3 is 43.4 Å². The van der Waals surface area contributed by atoms with E-state index in [0.29, 0.717) is 19.4 Å².